The zero-order chi connectivity index (χ0) is 13.1. The minimum absolute atomic E-state index is 0.138. The van der Waals surface area contributed by atoms with E-state index in [1.54, 1.807) is 0 Å². The Morgan fingerprint density at radius 2 is 2.50 bits per heavy atom. The number of aliphatic carboxylic acids is 1. The van der Waals surface area contributed by atoms with Crippen LogP contribution in [0, 0.1) is 5.92 Å². The van der Waals surface area contributed by atoms with Crippen LogP contribution >= 0.6 is 11.6 Å². The van der Waals surface area contributed by atoms with Gasteiger partial charge in [0, 0.05) is 19.5 Å². The van der Waals surface area contributed by atoms with Crippen LogP contribution in [0.3, 0.4) is 0 Å². The Labute approximate surface area is 110 Å². The highest BCUT2D eigenvalue weighted by Gasteiger charge is 2.27. The lowest BCUT2D eigenvalue weighted by atomic mass is 10.1. The lowest BCUT2D eigenvalue weighted by Gasteiger charge is -2.18. The van der Waals surface area contributed by atoms with Gasteiger partial charge in [0.1, 0.15) is 5.02 Å². The van der Waals surface area contributed by atoms with E-state index in [4.69, 9.17) is 21.4 Å². The first-order chi connectivity index (χ1) is 8.60. The Bertz CT molecular complexity index is 455. The van der Waals surface area contributed by atoms with Crippen molar-refractivity contribution in [2.75, 3.05) is 25.1 Å². The van der Waals surface area contributed by atoms with Crippen LogP contribution in [0.5, 0.6) is 6.01 Å². The summed E-state index contributed by atoms with van der Waals surface area (Å²) >= 11 is 6.05. The van der Waals surface area contributed by atoms with Gasteiger partial charge in [0.2, 0.25) is 0 Å². The number of carbonyl (C=O) groups is 1. The Morgan fingerprint density at radius 3 is 3.17 bits per heavy atom. The summed E-state index contributed by atoms with van der Waals surface area (Å²) in [5, 5.41) is 9.23. The maximum atomic E-state index is 10.7. The zero-order valence-corrected chi connectivity index (χ0v) is 10.7. The van der Waals surface area contributed by atoms with E-state index < -0.39 is 5.97 Å². The molecule has 0 saturated carbocycles. The second-order valence-electron chi connectivity index (χ2n) is 4.23. The molecule has 1 aromatic rings. The van der Waals surface area contributed by atoms with E-state index in [1.165, 1.54) is 13.3 Å². The minimum Gasteiger partial charge on any atom is -0.481 e. The van der Waals surface area contributed by atoms with Gasteiger partial charge in [-0.25, -0.2) is 4.98 Å². The fourth-order valence-corrected chi connectivity index (χ4v) is 2.31. The van der Waals surface area contributed by atoms with Gasteiger partial charge >= 0.3 is 12.0 Å². The van der Waals surface area contributed by atoms with Crippen LogP contribution in [-0.4, -0.2) is 41.2 Å². The molecule has 18 heavy (non-hydrogen) atoms. The third-order valence-corrected chi connectivity index (χ3v) is 3.20. The van der Waals surface area contributed by atoms with Gasteiger partial charge in [0.05, 0.1) is 13.3 Å². The van der Waals surface area contributed by atoms with E-state index in [1.807, 2.05) is 4.90 Å². The number of hydrogen-bond acceptors (Lipinski definition) is 5. The van der Waals surface area contributed by atoms with Crippen molar-refractivity contribution in [1.82, 2.24) is 9.97 Å². The van der Waals surface area contributed by atoms with Crippen molar-refractivity contribution in [2.45, 2.75) is 12.8 Å². The van der Waals surface area contributed by atoms with Gasteiger partial charge in [-0.05, 0) is 12.3 Å². The molecule has 0 aliphatic carbocycles. The lowest BCUT2D eigenvalue weighted by molar-refractivity contribution is -0.137. The third-order valence-electron chi connectivity index (χ3n) is 2.93. The van der Waals surface area contributed by atoms with Crippen molar-refractivity contribution in [3.63, 3.8) is 0 Å². The number of carboxylic acid groups (broad SMARTS) is 1. The summed E-state index contributed by atoms with van der Waals surface area (Å²) in [7, 11) is 1.49. The van der Waals surface area contributed by atoms with E-state index in [0.29, 0.717) is 17.4 Å². The minimum atomic E-state index is -0.770. The predicted molar refractivity (Wildman–Crippen MR) is 66.2 cm³/mol. The molecule has 0 aromatic carbocycles. The van der Waals surface area contributed by atoms with Gasteiger partial charge in [-0.15, -0.1) is 0 Å². The van der Waals surface area contributed by atoms with Gasteiger partial charge in [-0.1, -0.05) is 11.6 Å². The zero-order valence-electron chi connectivity index (χ0n) is 9.97. The maximum absolute atomic E-state index is 10.7. The van der Waals surface area contributed by atoms with Crippen LogP contribution in [0.4, 0.5) is 5.82 Å². The SMILES string of the molecule is COc1ncc(Cl)c(N2CCC(CC(=O)O)C2)n1. The van der Waals surface area contributed by atoms with E-state index in [2.05, 4.69) is 9.97 Å². The fourth-order valence-electron chi connectivity index (χ4n) is 2.10. The Kier molecular flexibility index (Phi) is 3.86. The summed E-state index contributed by atoms with van der Waals surface area (Å²) in [6, 6.07) is 0.260. The molecule has 0 spiro atoms. The maximum Gasteiger partial charge on any atom is 0.318 e. The number of methoxy groups -OCH3 is 1. The molecule has 1 fully saturated rings. The Morgan fingerprint density at radius 1 is 1.72 bits per heavy atom. The number of nitrogens with zero attached hydrogens (tertiary/aromatic N) is 3. The van der Waals surface area contributed by atoms with Crippen molar-refractivity contribution < 1.29 is 14.6 Å². The van der Waals surface area contributed by atoms with E-state index >= 15 is 0 Å². The summed E-state index contributed by atoms with van der Waals surface area (Å²) in [6.45, 7) is 1.39. The molecule has 1 aliphatic rings. The lowest BCUT2D eigenvalue weighted by Crippen LogP contribution is -2.22. The summed E-state index contributed by atoms with van der Waals surface area (Å²) in [4.78, 5) is 20.8. The van der Waals surface area contributed by atoms with Crippen LogP contribution in [-0.2, 0) is 4.79 Å². The van der Waals surface area contributed by atoms with Crippen molar-refractivity contribution in [1.29, 1.82) is 0 Å². The number of rotatable bonds is 4. The first-order valence-corrected chi connectivity index (χ1v) is 6.01. The van der Waals surface area contributed by atoms with Crippen molar-refractivity contribution >= 4 is 23.4 Å². The van der Waals surface area contributed by atoms with Crippen molar-refractivity contribution in [3.05, 3.63) is 11.2 Å². The highest BCUT2D eigenvalue weighted by molar-refractivity contribution is 6.32. The quantitative estimate of drug-likeness (QED) is 0.893. The van der Waals surface area contributed by atoms with Gasteiger partial charge in [0.15, 0.2) is 5.82 Å². The third kappa shape index (κ3) is 2.81. The second kappa shape index (κ2) is 5.39. The molecule has 2 rings (SSSR count). The molecular weight excluding hydrogens is 258 g/mol. The predicted octanol–water partition coefficient (Wildman–Crippen LogP) is 1.44. The molecule has 1 saturated heterocycles. The molecule has 0 bridgehead atoms. The molecule has 98 valence electrons. The Balaban J connectivity index is 2.11. The molecule has 0 radical (unpaired) electrons. The van der Waals surface area contributed by atoms with Gasteiger partial charge in [-0.2, -0.15) is 4.98 Å². The number of halogens is 1. The van der Waals surface area contributed by atoms with E-state index in [-0.39, 0.29) is 18.3 Å². The Hall–Kier alpha value is -1.56. The first kappa shape index (κ1) is 12.9. The van der Waals surface area contributed by atoms with Crippen LogP contribution in [0.2, 0.25) is 5.02 Å². The molecule has 1 unspecified atom stereocenters. The summed E-state index contributed by atoms with van der Waals surface area (Å²) < 4.78 is 4.96. The highest BCUT2D eigenvalue weighted by atomic mass is 35.5. The number of anilines is 1. The molecule has 6 nitrogen and oxygen atoms in total. The van der Waals surface area contributed by atoms with E-state index in [0.717, 1.165) is 13.0 Å². The fraction of sp³-hybridized carbons (Fsp3) is 0.545. The van der Waals surface area contributed by atoms with Crippen LogP contribution in [0.25, 0.3) is 0 Å². The summed E-state index contributed by atoms with van der Waals surface area (Å²) in [6.07, 6.45) is 2.50. The normalized spacial score (nSPS) is 19.0. The second-order valence-corrected chi connectivity index (χ2v) is 4.63. The first-order valence-electron chi connectivity index (χ1n) is 5.63. The number of hydrogen-bond donors (Lipinski definition) is 1. The average Bonchev–Trinajstić information content (AvgIpc) is 2.77. The topological polar surface area (TPSA) is 75.5 Å². The monoisotopic (exact) mass is 271 g/mol. The molecule has 0 amide bonds. The molecular formula is C11H14ClN3O3. The van der Waals surface area contributed by atoms with Gasteiger partial charge in [0.25, 0.3) is 0 Å². The molecule has 1 atom stereocenters. The highest BCUT2D eigenvalue weighted by Crippen LogP contribution is 2.30. The van der Waals surface area contributed by atoms with Gasteiger partial charge < -0.3 is 14.7 Å². The molecule has 1 N–H and O–H groups in total. The van der Waals surface area contributed by atoms with Crippen molar-refractivity contribution in [3.8, 4) is 6.01 Å². The van der Waals surface area contributed by atoms with Gasteiger partial charge in [-0.3, -0.25) is 4.79 Å². The largest absolute Gasteiger partial charge is 0.481 e. The number of aromatic nitrogens is 2. The van der Waals surface area contributed by atoms with Crippen LogP contribution < -0.4 is 9.64 Å². The standard InChI is InChI=1S/C11H14ClN3O3/c1-18-11-13-5-8(12)10(14-11)15-3-2-7(6-15)4-9(16)17/h5,7H,2-4,6H2,1H3,(H,16,17). The number of carboxylic acids is 1. The van der Waals surface area contributed by atoms with Crippen molar-refractivity contribution in [2.24, 2.45) is 5.92 Å². The molecule has 1 aliphatic heterocycles. The summed E-state index contributed by atoms with van der Waals surface area (Å²) in [5.74, 6) is -0.0239. The summed E-state index contributed by atoms with van der Waals surface area (Å²) in [5.41, 5.74) is 0. The van der Waals surface area contributed by atoms with E-state index in [9.17, 15) is 4.79 Å². The molecule has 7 heteroatoms. The van der Waals surface area contributed by atoms with Crippen LogP contribution in [0.15, 0.2) is 6.20 Å². The smallest absolute Gasteiger partial charge is 0.318 e. The molecule has 2 heterocycles. The molecule has 1 aromatic heterocycles. The average molecular weight is 272 g/mol. The number of ether oxygens (including phenoxy) is 1. The van der Waals surface area contributed by atoms with Crippen LogP contribution in [0.1, 0.15) is 12.8 Å².